The van der Waals surface area contributed by atoms with Crippen molar-refractivity contribution < 1.29 is 0 Å². The topological polar surface area (TPSA) is 0 Å². The van der Waals surface area contributed by atoms with Crippen LogP contribution in [0.1, 0.15) is 40.0 Å². The van der Waals surface area contributed by atoms with Crippen LogP contribution >= 0.6 is 58.0 Å². The highest BCUT2D eigenvalue weighted by atomic mass is 35.5. The summed E-state index contributed by atoms with van der Waals surface area (Å²) in [6, 6.07) is 0. The predicted molar refractivity (Wildman–Crippen MR) is 79.6 cm³/mol. The lowest BCUT2D eigenvalue weighted by Gasteiger charge is -1.77. The Balaban J connectivity index is -0.0000000553. The summed E-state index contributed by atoms with van der Waals surface area (Å²) in [4.78, 5) is 0. The SMILES string of the molecule is CCCCCl.CCCCl.CCCl.ClCCl. The van der Waals surface area contributed by atoms with Crippen LogP contribution in [0.3, 0.4) is 0 Å². The standard InChI is InChI=1S/C4H9Cl.C3H7Cl.C2H5Cl.CH2Cl2/c1-2-3-4-5;1-2-3-4;1-2-3;2-1-3/h2-4H2,1H3;2-3H2,1H3;2H2,1H3;1H2. The summed E-state index contributed by atoms with van der Waals surface area (Å²) >= 11 is 25.0. The summed E-state index contributed by atoms with van der Waals surface area (Å²) in [6.07, 6.45) is 3.45. The maximum absolute atomic E-state index is 5.30. The maximum Gasteiger partial charge on any atom is 0.0967 e. The largest absolute Gasteiger partial charge is 0.127 e. The molecule has 98 valence electrons. The van der Waals surface area contributed by atoms with E-state index in [1.54, 1.807) is 0 Å². The summed E-state index contributed by atoms with van der Waals surface area (Å²) in [5.74, 6) is 2.33. The Kier molecular flexibility index (Phi) is 76.3. The zero-order valence-electron chi connectivity index (χ0n) is 9.84. The molecule has 0 amide bonds. The first-order chi connectivity index (χ1) is 7.16. The van der Waals surface area contributed by atoms with Crippen molar-refractivity contribution >= 4 is 58.0 Å². The van der Waals surface area contributed by atoms with Crippen LogP contribution in [0.25, 0.3) is 0 Å². The van der Waals surface area contributed by atoms with Crippen LogP contribution < -0.4 is 0 Å². The van der Waals surface area contributed by atoms with Crippen LogP contribution in [0.5, 0.6) is 0 Å². The Morgan fingerprint density at radius 3 is 0.933 bits per heavy atom. The van der Waals surface area contributed by atoms with E-state index < -0.39 is 0 Å². The van der Waals surface area contributed by atoms with Gasteiger partial charge in [-0.05, 0) is 12.8 Å². The van der Waals surface area contributed by atoms with E-state index >= 15 is 0 Å². The quantitative estimate of drug-likeness (QED) is 0.533. The van der Waals surface area contributed by atoms with Crippen molar-refractivity contribution in [3.63, 3.8) is 0 Å². The fourth-order valence-corrected chi connectivity index (χ4v) is 0.401. The Bertz CT molecular complexity index is 47.1. The van der Waals surface area contributed by atoms with E-state index in [-0.39, 0.29) is 5.34 Å². The smallest absolute Gasteiger partial charge is 0.0967 e. The molecule has 0 aliphatic carbocycles. The first-order valence-corrected chi connectivity index (χ1v) is 7.63. The van der Waals surface area contributed by atoms with Crippen molar-refractivity contribution in [2.24, 2.45) is 0 Å². The van der Waals surface area contributed by atoms with Gasteiger partial charge in [0.15, 0.2) is 0 Å². The van der Waals surface area contributed by atoms with E-state index in [9.17, 15) is 0 Å². The summed E-state index contributed by atoms with van der Waals surface area (Å²) in [5.41, 5.74) is 0. The van der Waals surface area contributed by atoms with E-state index in [2.05, 4.69) is 6.92 Å². The second-order valence-corrected chi connectivity index (χ2v) is 4.20. The molecule has 0 bridgehead atoms. The normalized spacial score (nSPS) is 7.20. The molecule has 0 saturated carbocycles. The summed E-state index contributed by atoms with van der Waals surface area (Å²) in [5, 5.41) is 0.194. The Morgan fingerprint density at radius 1 is 0.667 bits per heavy atom. The molecular weight excluding hydrogens is 297 g/mol. The molecule has 0 N–H and O–H groups in total. The first-order valence-electron chi connectivity index (χ1n) is 4.96. The second kappa shape index (κ2) is 45.2. The van der Waals surface area contributed by atoms with Gasteiger partial charge >= 0.3 is 0 Å². The molecule has 0 rings (SSSR count). The van der Waals surface area contributed by atoms with Crippen molar-refractivity contribution in [1.82, 2.24) is 0 Å². The minimum atomic E-state index is 0.194. The van der Waals surface area contributed by atoms with Crippen molar-refractivity contribution in [2.45, 2.75) is 40.0 Å². The van der Waals surface area contributed by atoms with Crippen LogP contribution in [-0.2, 0) is 0 Å². The van der Waals surface area contributed by atoms with E-state index in [0.717, 1.165) is 30.5 Å². The maximum atomic E-state index is 5.30. The van der Waals surface area contributed by atoms with Gasteiger partial charge in [0.2, 0.25) is 0 Å². The average molecular weight is 321 g/mol. The third-order valence-electron chi connectivity index (χ3n) is 0.676. The molecule has 0 nitrogen and oxygen atoms in total. The summed E-state index contributed by atoms with van der Waals surface area (Å²) < 4.78 is 0. The Hall–Kier alpha value is 1.45. The number of rotatable bonds is 3. The summed E-state index contributed by atoms with van der Waals surface area (Å²) in [6.45, 7) is 6.07. The minimum Gasteiger partial charge on any atom is -0.127 e. The van der Waals surface area contributed by atoms with Crippen molar-refractivity contribution in [3.05, 3.63) is 0 Å². The third kappa shape index (κ3) is 141. The van der Waals surface area contributed by atoms with Gasteiger partial charge in [0, 0.05) is 17.6 Å². The molecule has 0 aliphatic heterocycles. The lowest BCUT2D eigenvalue weighted by Crippen LogP contribution is -1.65. The predicted octanol–water partition coefficient (Wildman–Crippen LogP) is 6.33. The van der Waals surface area contributed by atoms with E-state index in [0.29, 0.717) is 0 Å². The fourth-order valence-electron chi connectivity index (χ4n) is 0.134. The van der Waals surface area contributed by atoms with Crippen molar-refractivity contribution in [2.75, 3.05) is 23.0 Å². The van der Waals surface area contributed by atoms with Crippen LogP contribution in [-0.4, -0.2) is 23.0 Å². The van der Waals surface area contributed by atoms with Gasteiger partial charge in [-0.25, -0.2) is 0 Å². The van der Waals surface area contributed by atoms with Gasteiger partial charge in [-0.2, -0.15) is 0 Å². The Morgan fingerprint density at radius 2 is 0.933 bits per heavy atom. The molecule has 0 saturated heterocycles. The molecule has 5 heteroatoms. The number of unbranched alkanes of at least 4 members (excludes halogenated alkanes) is 1. The molecule has 0 aromatic heterocycles. The number of alkyl halides is 5. The highest BCUT2D eigenvalue weighted by Gasteiger charge is 1.70. The number of hydrogen-bond acceptors (Lipinski definition) is 0. The van der Waals surface area contributed by atoms with Gasteiger partial charge in [0.25, 0.3) is 0 Å². The van der Waals surface area contributed by atoms with Crippen LogP contribution in [0.4, 0.5) is 0 Å². The molecule has 0 spiro atoms. The van der Waals surface area contributed by atoms with Gasteiger partial charge in [0.1, 0.15) is 0 Å². The van der Waals surface area contributed by atoms with Gasteiger partial charge in [-0.15, -0.1) is 58.0 Å². The molecule has 0 radical (unpaired) electrons. The highest BCUT2D eigenvalue weighted by Crippen LogP contribution is 1.86. The summed E-state index contributed by atoms with van der Waals surface area (Å²) in [7, 11) is 0. The molecule has 0 aromatic carbocycles. The van der Waals surface area contributed by atoms with Gasteiger partial charge in [0.05, 0.1) is 5.34 Å². The van der Waals surface area contributed by atoms with E-state index in [4.69, 9.17) is 58.0 Å². The zero-order chi connectivity index (χ0) is 12.9. The molecule has 0 fully saturated rings. The lowest BCUT2D eigenvalue weighted by atomic mass is 10.4. The van der Waals surface area contributed by atoms with Gasteiger partial charge < -0.3 is 0 Å². The molecule has 15 heavy (non-hydrogen) atoms. The second-order valence-electron chi connectivity index (χ2n) is 2.10. The van der Waals surface area contributed by atoms with Gasteiger partial charge in [-0.1, -0.05) is 27.2 Å². The van der Waals surface area contributed by atoms with Crippen LogP contribution in [0, 0.1) is 0 Å². The van der Waals surface area contributed by atoms with E-state index in [1.807, 2.05) is 13.8 Å². The monoisotopic (exact) mass is 318 g/mol. The van der Waals surface area contributed by atoms with Crippen molar-refractivity contribution in [3.8, 4) is 0 Å². The van der Waals surface area contributed by atoms with Crippen LogP contribution in [0.2, 0.25) is 0 Å². The third-order valence-corrected chi connectivity index (χ3v) is 1.32. The highest BCUT2D eigenvalue weighted by molar-refractivity contribution is 6.40. The molecule has 0 unspecified atom stereocenters. The minimum absolute atomic E-state index is 0.194. The first kappa shape index (κ1) is 25.3. The molecule has 0 aliphatic rings. The number of hydrogen-bond donors (Lipinski definition) is 0. The average Bonchev–Trinajstić information content (AvgIpc) is 2.22. The van der Waals surface area contributed by atoms with Gasteiger partial charge in [-0.3, -0.25) is 0 Å². The number of halogens is 5. The molecule has 0 heterocycles. The molecule has 0 atom stereocenters. The Labute approximate surface area is 121 Å². The fraction of sp³-hybridized carbons (Fsp3) is 1.00. The van der Waals surface area contributed by atoms with Crippen molar-refractivity contribution in [1.29, 1.82) is 0 Å². The lowest BCUT2D eigenvalue weighted by molar-refractivity contribution is 0.892. The zero-order valence-corrected chi connectivity index (χ0v) is 13.6. The van der Waals surface area contributed by atoms with Crippen LogP contribution in [0.15, 0.2) is 0 Å². The molecular formula is C10H23Cl5. The van der Waals surface area contributed by atoms with E-state index in [1.165, 1.54) is 6.42 Å². The molecule has 0 aromatic rings.